The first-order valence-electron chi connectivity index (χ1n) is 12.9. The summed E-state index contributed by atoms with van der Waals surface area (Å²) in [5.41, 5.74) is -1.23. The lowest BCUT2D eigenvalue weighted by Crippen LogP contribution is -2.62. The summed E-state index contributed by atoms with van der Waals surface area (Å²) in [5.74, 6) is -1.35. The van der Waals surface area contributed by atoms with Gasteiger partial charge in [0.1, 0.15) is 12.2 Å². The van der Waals surface area contributed by atoms with Crippen LogP contribution in [-0.4, -0.2) is 67.3 Å². The Bertz CT molecular complexity index is 882. The monoisotopic (exact) mass is 510 g/mol. The minimum absolute atomic E-state index is 0.0697. The summed E-state index contributed by atoms with van der Waals surface area (Å²) in [6, 6.07) is 0. The fourth-order valence-electron chi connectivity index (χ4n) is 7.28. The largest absolute Gasteiger partial charge is 0.481 e. The summed E-state index contributed by atoms with van der Waals surface area (Å²) in [7, 11) is 0. The molecule has 0 aromatic heterocycles. The van der Waals surface area contributed by atoms with E-state index in [1.54, 1.807) is 19.9 Å². The number of hydrogen-bond acceptors (Lipinski definition) is 7. The molecule has 4 aliphatic carbocycles. The first kappa shape index (κ1) is 30.1. The molecule has 0 amide bonds. The summed E-state index contributed by atoms with van der Waals surface area (Å²) in [6.07, 6.45) is 6.18. The minimum Gasteiger partial charge on any atom is -0.481 e. The highest BCUT2D eigenvalue weighted by Gasteiger charge is 2.68. The molecule has 5 N–H and O–H groups in total. The molecular formula is C27H42O9. The number of aliphatic carboxylic acids is 2. The topological polar surface area (TPSA) is 169 Å². The molecule has 4 aliphatic rings. The molecule has 3 fully saturated rings. The molecule has 0 radical (unpaired) electrons. The molecule has 0 aromatic carbocycles. The number of hydrogen-bond donors (Lipinski definition) is 5. The number of aliphatic hydroxyl groups is 3. The number of fused-ring (bicyclic) bond motifs is 5. The Morgan fingerprint density at radius 1 is 1.00 bits per heavy atom. The number of carbonyl (C=O) groups excluding carboxylic acids is 2. The highest BCUT2D eigenvalue weighted by Crippen LogP contribution is 2.67. The van der Waals surface area contributed by atoms with Crippen LogP contribution in [0, 0.1) is 28.6 Å². The molecule has 204 valence electrons. The summed E-state index contributed by atoms with van der Waals surface area (Å²) in [6.45, 7) is 6.66. The molecule has 4 rings (SSSR count). The summed E-state index contributed by atoms with van der Waals surface area (Å²) in [4.78, 5) is 43.0. The van der Waals surface area contributed by atoms with Gasteiger partial charge in [0.2, 0.25) is 0 Å². The number of rotatable bonds is 4. The van der Waals surface area contributed by atoms with Crippen LogP contribution in [0.5, 0.6) is 0 Å². The fourth-order valence-corrected chi connectivity index (χ4v) is 7.28. The van der Waals surface area contributed by atoms with Gasteiger partial charge >= 0.3 is 11.9 Å². The summed E-state index contributed by atoms with van der Waals surface area (Å²) < 4.78 is 0. The first-order valence-corrected chi connectivity index (χ1v) is 12.9. The molecule has 7 atom stereocenters. The standard InChI is InChI=1S/C21H30O5.2C3H6O2/c1-19-7-5-13(23)9-12(19)3-4-14-15-6-8-21(26,17(25)11-22)20(15,2)10-16(24)18(14)19;2*1-2-3(4)5/h9,14-16,18,22,24,26H,3-8,10-11H2,1-2H3;2*2H2,1H3,(H,4,5)/t14-,15-,16-,18+,19-,20-,21-;;/m0../s1. The van der Waals surface area contributed by atoms with Crippen LogP contribution in [0.1, 0.15) is 85.5 Å². The molecule has 3 saturated carbocycles. The average Bonchev–Trinajstić information content (AvgIpc) is 3.10. The lowest BCUT2D eigenvalue weighted by Gasteiger charge is -2.60. The van der Waals surface area contributed by atoms with Gasteiger partial charge in [0.05, 0.1) is 6.10 Å². The van der Waals surface area contributed by atoms with E-state index in [0.717, 1.165) is 25.7 Å². The Morgan fingerprint density at radius 3 is 2.06 bits per heavy atom. The van der Waals surface area contributed by atoms with Crippen LogP contribution in [0.3, 0.4) is 0 Å². The first-order chi connectivity index (χ1) is 16.7. The molecule has 0 spiro atoms. The van der Waals surface area contributed by atoms with E-state index in [0.29, 0.717) is 19.3 Å². The minimum atomic E-state index is -1.54. The van der Waals surface area contributed by atoms with E-state index < -0.39 is 41.4 Å². The van der Waals surface area contributed by atoms with Crippen LogP contribution in [0.2, 0.25) is 0 Å². The number of Topliss-reactive ketones (excluding diaryl/α,β-unsaturated/α-hetero) is 1. The average molecular weight is 511 g/mol. The molecular weight excluding hydrogens is 468 g/mol. The van der Waals surface area contributed by atoms with E-state index in [1.165, 1.54) is 5.57 Å². The number of carboxylic acids is 2. The van der Waals surface area contributed by atoms with Crippen molar-refractivity contribution in [1.29, 1.82) is 0 Å². The molecule has 36 heavy (non-hydrogen) atoms. The number of allylic oxidation sites excluding steroid dienone is 1. The van der Waals surface area contributed by atoms with E-state index >= 15 is 0 Å². The fraction of sp³-hybridized carbons (Fsp3) is 0.778. The molecule has 0 aromatic rings. The molecule has 0 bridgehead atoms. The van der Waals surface area contributed by atoms with Crippen molar-refractivity contribution < 1.29 is 44.7 Å². The third-order valence-corrected chi connectivity index (χ3v) is 9.26. The second-order valence-corrected chi connectivity index (χ2v) is 11.1. The van der Waals surface area contributed by atoms with Crippen molar-refractivity contribution in [2.24, 2.45) is 28.6 Å². The van der Waals surface area contributed by atoms with Gasteiger partial charge in [0, 0.05) is 24.7 Å². The van der Waals surface area contributed by atoms with E-state index in [9.17, 15) is 34.5 Å². The van der Waals surface area contributed by atoms with Gasteiger partial charge in [-0.2, -0.15) is 0 Å². The number of carbonyl (C=O) groups is 4. The van der Waals surface area contributed by atoms with Crippen molar-refractivity contribution in [3.8, 4) is 0 Å². The molecule has 0 heterocycles. The van der Waals surface area contributed by atoms with Gasteiger partial charge < -0.3 is 25.5 Å². The smallest absolute Gasteiger partial charge is 0.303 e. The maximum absolute atomic E-state index is 12.4. The summed E-state index contributed by atoms with van der Waals surface area (Å²) >= 11 is 0. The normalized spacial score (nSPS) is 38.5. The maximum Gasteiger partial charge on any atom is 0.303 e. The Morgan fingerprint density at radius 2 is 1.56 bits per heavy atom. The Hall–Kier alpha value is -2.10. The van der Waals surface area contributed by atoms with Gasteiger partial charge in [-0.05, 0) is 67.8 Å². The Labute approximate surface area is 212 Å². The van der Waals surface area contributed by atoms with Crippen molar-refractivity contribution >= 4 is 23.5 Å². The van der Waals surface area contributed by atoms with Gasteiger partial charge in [-0.3, -0.25) is 19.2 Å². The van der Waals surface area contributed by atoms with E-state index in [2.05, 4.69) is 6.92 Å². The maximum atomic E-state index is 12.4. The Balaban J connectivity index is 0.000000389. The zero-order valence-electron chi connectivity index (χ0n) is 21.8. The van der Waals surface area contributed by atoms with Crippen LogP contribution < -0.4 is 0 Å². The van der Waals surface area contributed by atoms with E-state index in [4.69, 9.17) is 10.2 Å². The van der Waals surface area contributed by atoms with Crippen LogP contribution in [0.4, 0.5) is 0 Å². The molecule has 9 heteroatoms. The van der Waals surface area contributed by atoms with Crippen molar-refractivity contribution in [1.82, 2.24) is 0 Å². The van der Waals surface area contributed by atoms with Crippen LogP contribution in [-0.2, 0) is 19.2 Å². The lowest BCUT2D eigenvalue weighted by atomic mass is 9.45. The quantitative estimate of drug-likeness (QED) is 0.381. The lowest BCUT2D eigenvalue weighted by molar-refractivity contribution is -0.182. The van der Waals surface area contributed by atoms with Crippen molar-refractivity contribution in [3.63, 3.8) is 0 Å². The number of aliphatic hydroxyl groups excluding tert-OH is 2. The third kappa shape index (κ3) is 5.43. The van der Waals surface area contributed by atoms with Gasteiger partial charge in [-0.25, -0.2) is 0 Å². The Kier molecular flexibility index (Phi) is 9.64. The van der Waals surface area contributed by atoms with Crippen molar-refractivity contribution in [2.45, 2.75) is 97.2 Å². The molecule has 0 unspecified atom stereocenters. The van der Waals surface area contributed by atoms with E-state index in [1.807, 2.05) is 6.92 Å². The predicted octanol–water partition coefficient (Wildman–Crippen LogP) is 2.74. The zero-order valence-corrected chi connectivity index (χ0v) is 21.8. The SMILES string of the molecule is CCC(=O)O.CCC(=O)O.C[C@]12CCC(=O)C=C1CC[C@@H]1[C@@H]2[C@@H](O)C[C@@]2(C)[C@H]1CC[C@]2(O)C(=O)CO. The third-order valence-electron chi connectivity index (χ3n) is 9.26. The molecule has 0 saturated heterocycles. The van der Waals surface area contributed by atoms with Crippen molar-refractivity contribution in [2.75, 3.05) is 6.61 Å². The van der Waals surface area contributed by atoms with Gasteiger partial charge in [0.25, 0.3) is 0 Å². The van der Waals surface area contributed by atoms with Crippen molar-refractivity contribution in [3.05, 3.63) is 11.6 Å². The van der Waals surface area contributed by atoms with Gasteiger partial charge in [-0.15, -0.1) is 0 Å². The molecule has 0 aliphatic heterocycles. The van der Waals surface area contributed by atoms with Crippen LogP contribution in [0.25, 0.3) is 0 Å². The zero-order chi connectivity index (χ0) is 27.5. The predicted molar refractivity (Wildman–Crippen MR) is 131 cm³/mol. The summed E-state index contributed by atoms with van der Waals surface area (Å²) in [5, 5.41) is 47.2. The van der Waals surface area contributed by atoms with Crippen LogP contribution >= 0.6 is 0 Å². The number of carboxylic acid groups (broad SMARTS) is 2. The van der Waals surface area contributed by atoms with Crippen LogP contribution in [0.15, 0.2) is 11.6 Å². The van der Waals surface area contributed by atoms with Gasteiger partial charge in [0.15, 0.2) is 11.6 Å². The van der Waals surface area contributed by atoms with E-state index in [-0.39, 0.29) is 41.8 Å². The highest BCUT2D eigenvalue weighted by atomic mass is 16.4. The highest BCUT2D eigenvalue weighted by molar-refractivity contribution is 5.91. The number of ketones is 2. The molecule has 9 nitrogen and oxygen atoms in total. The second kappa shape index (κ2) is 11.5. The second-order valence-electron chi connectivity index (χ2n) is 11.1. The van der Waals surface area contributed by atoms with Gasteiger partial charge in [-0.1, -0.05) is 33.3 Å².